The van der Waals surface area contributed by atoms with E-state index in [1.165, 1.54) is 0 Å². The van der Waals surface area contributed by atoms with E-state index >= 15 is 0 Å². The Labute approximate surface area is 143 Å². The quantitative estimate of drug-likeness (QED) is 0.398. The zero-order valence-electron chi connectivity index (χ0n) is 9.73. The number of carboxylic acid groups (broad SMARTS) is 1. The third-order valence-electron chi connectivity index (χ3n) is 2.59. The summed E-state index contributed by atoms with van der Waals surface area (Å²) in [4.78, 5) is 14.6. The van der Waals surface area contributed by atoms with Crippen molar-refractivity contribution < 1.29 is 14.3 Å². The summed E-state index contributed by atoms with van der Waals surface area (Å²) in [6.45, 7) is 0. The van der Waals surface area contributed by atoms with Crippen LogP contribution in [0.15, 0.2) is 12.3 Å². The molecular weight excluding hydrogens is 386 g/mol. The van der Waals surface area contributed by atoms with Crippen LogP contribution < -0.4 is 0 Å². The lowest BCUT2D eigenvalue weighted by molar-refractivity contribution is 0.0697. The van der Waals surface area contributed by atoms with Gasteiger partial charge in [0.05, 0.1) is 36.2 Å². The minimum Gasteiger partial charge on any atom is -0.478 e. The Balaban J connectivity index is 2.96. The van der Waals surface area contributed by atoms with Gasteiger partial charge >= 0.3 is 5.97 Å². The van der Waals surface area contributed by atoms with Gasteiger partial charge in [0.1, 0.15) is 0 Å². The summed E-state index contributed by atoms with van der Waals surface area (Å²) in [7, 11) is 0. The molecule has 0 atom stereocenters. The van der Waals surface area contributed by atoms with Crippen LogP contribution >= 0.6 is 58.0 Å². The van der Waals surface area contributed by atoms with Crippen LogP contribution in [0, 0.1) is 5.95 Å². The van der Waals surface area contributed by atoms with Gasteiger partial charge in [-0.2, -0.15) is 4.39 Å². The van der Waals surface area contributed by atoms with Gasteiger partial charge in [0.15, 0.2) is 0 Å². The Morgan fingerprint density at radius 1 is 0.952 bits per heavy atom. The molecule has 1 heterocycles. The Hall–Kier alpha value is -0.780. The van der Waals surface area contributed by atoms with E-state index in [2.05, 4.69) is 4.98 Å². The van der Waals surface area contributed by atoms with E-state index in [9.17, 15) is 9.18 Å². The van der Waals surface area contributed by atoms with E-state index in [0.717, 1.165) is 12.3 Å². The van der Waals surface area contributed by atoms with Crippen LogP contribution in [0.3, 0.4) is 0 Å². The number of rotatable bonds is 2. The highest BCUT2D eigenvalue weighted by molar-refractivity contribution is 6.56. The Kier molecular flexibility index (Phi) is 4.85. The molecule has 110 valence electrons. The molecule has 3 nitrogen and oxygen atoms in total. The molecule has 0 amide bonds. The number of aromatic nitrogens is 1. The predicted molar refractivity (Wildman–Crippen MR) is 81.6 cm³/mol. The molecule has 21 heavy (non-hydrogen) atoms. The van der Waals surface area contributed by atoms with Gasteiger partial charge in [-0.15, -0.1) is 0 Å². The van der Waals surface area contributed by atoms with Crippen molar-refractivity contribution in [3.05, 3.63) is 48.9 Å². The summed E-state index contributed by atoms with van der Waals surface area (Å²) < 4.78 is 14.0. The van der Waals surface area contributed by atoms with E-state index in [4.69, 9.17) is 63.1 Å². The number of hydrogen-bond donors (Lipinski definition) is 1. The predicted octanol–water partition coefficient (Wildman–Crippen LogP) is 5.85. The Bertz CT molecular complexity index is 737. The van der Waals surface area contributed by atoms with Crippen LogP contribution in [0.1, 0.15) is 10.4 Å². The number of pyridine rings is 1. The smallest absolute Gasteiger partial charge is 0.336 e. The van der Waals surface area contributed by atoms with Crippen molar-refractivity contribution in [2.45, 2.75) is 0 Å². The van der Waals surface area contributed by atoms with Crippen molar-refractivity contribution in [3.8, 4) is 11.1 Å². The topological polar surface area (TPSA) is 50.2 Å². The number of carboxylic acids is 1. The third kappa shape index (κ3) is 2.79. The van der Waals surface area contributed by atoms with Crippen molar-refractivity contribution in [2.24, 2.45) is 0 Å². The molecule has 0 aliphatic rings. The summed E-state index contributed by atoms with van der Waals surface area (Å²) >= 11 is 29.6. The first kappa shape index (κ1) is 16.6. The fourth-order valence-electron chi connectivity index (χ4n) is 1.68. The zero-order valence-corrected chi connectivity index (χ0v) is 13.5. The molecule has 0 fully saturated rings. The van der Waals surface area contributed by atoms with Crippen molar-refractivity contribution in [1.82, 2.24) is 4.98 Å². The number of carbonyl (C=O) groups is 1. The summed E-state index contributed by atoms with van der Waals surface area (Å²) in [5.41, 5.74) is -0.984. The normalized spacial score (nSPS) is 10.8. The monoisotopic (exact) mass is 387 g/mol. The molecule has 9 heteroatoms. The van der Waals surface area contributed by atoms with Gasteiger partial charge < -0.3 is 5.11 Å². The van der Waals surface area contributed by atoms with Gasteiger partial charge in [-0.3, -0.25) is 0 Å². The lowest BCUT2D eigenvalue weighted by Crippen LogP contribution is -2.04. The van der Waals surface area contributed by atoms with E-state index in [-0.39, 0.29) is 36.2 Å². The molecule has 0 aliphatic carbocycles. The van der Waals surface area contributed by atoms with Gasteiger partial charge in [-0.05, 0) is 6.07 Å². The van der Waals surface area contributed by atoms with Crippen LogP contribution in [0.5, 0.6) is 0 Å². The first-order chi connectivity index (χ1) is 9.77. The molecule has 0 saturated carbocycles. The standard InChI is InChI=1S/C12H3Cl5FNO2/c13-6-5(7(14)9(16)10(17)8(6)15)4-3(12(20)21)1-2-19-11(4)18/h1-2H,(H,20,21). The van der Waals surface area contributed by atoms with Crippen molar-refractivity contribution in [3.63, 3.8) is 0 Å². The minimum atomic E-state index is -1.39. The van der Waals surface area contributed by atoms with Crippen LogP contribution in [0.25, 0.3) is 11.1 Å². The fourth-order valence-corrected chi connectivity index (χ4v) is 3.00. The largest absolute Gasteiger partial charge is 0.478 e. The molecule has 0 bridgehead atoms. The van der Waals surface area contributed by atoms with Gasteiger partial charge in [0, 0.05) is 11.8 Å². The lowest BCUT2D eigenvalue weighted by atomic mass is 10.0. The van der Waals surface area contributed by atoms with Crippen molar-refractivity contribution in [1.29, 1.82) is 0 Å². The van der Waals surface area contributed by atoms with Crippen LogP contribution in [-0.2, 0) is 0 Å². The molecule has 0 aliphatic heterocycles. The molecule has 1 aromatic carbocycles. The zero-order chi connectivity index (χ0) is 15.9. The van der Waals surface area contributed by atoms with Crippen LogP contribution in [0.2, 0.25) is 25.1 Å². The molecule has 0 unspecified atom stereocenters. The average molecular weight is 389 g/mol. The van der Waals surface area contributed by atoms with Crippen molar-refractivity contribution >= 4 is 64.0 Å². The second-order valence-corrected chi connectivity index (χ2v) is 5.66. The number of nitrogens with zero attached hydrogens (tertiary/aromatic N) is 1. The number of halogens is 6. The first-order valence-corrected chi connectivity index (χ1v) is 7.06. The molecule has 1 N–H and O–H groups in total. The highest BCUT2D eigenvalue weighted by atomic mass is 35.5. The maximum atomic E-state index is 14.0. The van der Waals surface area contributed by atoms with Gasteiger partial charge in [-0.1, -0.05) is 58.0 Å². The first-order valence-electron chi connectivity index (χ1n) is 5.17. The molecule has 0 saturated heterocycles. The summed E-state index contributed by atoms with van der Waals surface area (Å²) in [6, 6.07) is 1.10. The van der Waals surface area contributed by atoms with Crippen LogP contribution in [0.4, 0.5) is 4.39 Å². The maximum Gasteiger partial charge on any atom is 0.336 e. The minimum absolute atomic E-state index is 0.113. The SMILES string of the molecule is O=C(O)c1ccnc(F)c1-c1c(Cl)c(Cl)c(Cl)c(Cl)c1Cl. The molecule has 2 aromatic rings. The molecule has 1 aromatic heterocycles. The van der Waals surface area contributed by atoms with Gasteiger partial charge in [0.25, 0.3) is 0 Å². The van der Waals surface area contributed by atoms with E-state index in [1.54, 1.807) is 0 Å². The summed E-state index contributed by atoms with van der Waals surface area (Å²) in [5.74, 6) is -2.46. The summed E-state index contributed by atoms with van der Waals surface area (Å²) in [6.07, 6.45) is 1.00. The van der Waals surface area contributed by atoms with Crippen LogP contribution in [-0.4, -0.2) is 16.1 Å². The number of aromatic carboxylic acids is 1. The summed E-state index contributed by atoms with van der Waals surface area (Å²) in [5, 5.41) is 8.28. The number of hydrogen-bond acceptors (Lipinski definition) is 2. The highest BCUT2D eigenvalue weighted by Gasteiger charge is 2.26. The maximum absolute atomic E-state index is 14.0. The van der Waals surface area contributed by atoms with Gasteiger partial charge in [-0.25, -0.2) is 9.78 Å². The van der Waals surface area contributed by atoms with Crippen molar-refractivity contribution in [2.75, 3.05) is 0 Å². The number of benzene rings is 1. The Morgan fingerprint density at radius 2 is 1.43 bits per heavy atom. The Morgan fingerprint density at radius 3 is 1.90 bits per heavy atom. The lowest BCUT2D eigenvalue weighted by Gasteiger charge is -2.14. The van der Waals surface area contributed by atoms with E-state index in [0.29, 0.717) is 0 Å². The average Bonchev–Trinajstić information content (AvgIpc) is 2.44. The fraction of sp³-hybridized carbons (Fsp3) is 0. The highest BCUT2D eigenvalue weighted by Crippen LogP contribution is 2.49. The molecule has 0 spiro atoms. The molecule has 0 radical (unpaired) electrons. The molecular formula is C12H3Cl5FNO2. The van der Waals surface area contributed by atoms with E-state index in [1.807, 2.05) is 0 Å². The molecule has 2 rings (SSSR count). The van der Waals surface area contributed by atoms with Gasteiger partial charge in [0.2, 0.25) is 5.95 Å². The second-order valence-electron chi connectivity index (χ2n) is 3.77. The van der Waals surface area contributed by atoms with E-state index < -0.39 is 17.5 Å². The second kappa shape index (κ2) is 6.15. The third-order valence-corrected chi connectivity index (χ3v) is 4.87.